The number of rotatable bonds is 7. The smallest absolute Gasteiger partial charge is 0.234 e. The predicted molar refractivity (Wildman–Crippen MR) is 108 cm³/mol. The first kappa shape index (κ1) is 19.0. The highest BCUT2D eigenvalue weighted by molar-refractivity contribution is 7.99. The van der Waals surface area contributed by atoms with Crippen LogP contribution in [0.5, 0.6) is 5.75 Å². The van der Waals surface area contributed by atoms with Gasteiger partial charge in [-0.15, -0.1) is 10.2 Å². The van der Waals surface area contributed by atoms with Crippen LogP contribution in [0.15, 0.2) is 53.7 Å². The Balaban J connectivity index is 1.67. The number of ether oxygens (including phenoxy) is 1. The molecule has 6 nitrogen and oxygen atoms in total. The largest absolute Gasteiger partial charge is 0.497 e. The van der Waals surface area contributed by atoms with Gasteiger partial charge in [-0.3, -0.25) is 4.79 Å². The summed E-state index contributed by atoms with van der Waals surface area (Å²) < 4.78 is 7.15. The van der Waals surface area contributed by atoms with Crippen LogP contribution in [0.4, 0.5) is 5.69 Å². The van der Waals surface area contributed by atoms with E-state index in [9.17, 15) is 4.79 Å². The van der Waals surface area contributed by atoms with E-state index >= 15 is 0 Å². The second kappa shape index (κ2) is 8.73. The number of aromatic nitrogens is 3. The van der Waals surface area contributed by atoms with Crippen molar-refractivity contribution in [2.24, 2.45) is 0 Å². The van der Waals surface area contributed by atoms with Crippen molar-refractivity contribution >= 4 is 23.4 Å². The molecule has 2 aromatic carbocycles. The minimum atomic E-state index is -0.0896. The van der Waals surface area contributed by atoms with Crippen molar-refractivity contribution in [1.82, 2.24) is 14.8 Å². The number of carbonyl (C=O) groups is 1. The molecule has 1 heterocycles. The maximum atomic E-state index is 12.3. The van der Waals surface area contributed by atoms with Gasteiger partial charge in [0.2, 0.25) is 5.91 Å². The van der Waals surface area contributed by atoms with E-state index in [0.717, 1.165) is 40.1 Å². The van der Waals surface area contributed by atoms with Crippen molar-refractivity contribution in [3.05, 3.63) is 54.1 Å². The summed E-state index contributed by atoms with van der Waals surface area (Å²) in [6, 6.07) is 15.3. The van der Waals surface area contributed by atoms with Crippen LogP contribution in [0.3, 0.4) is 0 Å². The Labute approximate surface area is 163 Å². The molecule has 140 valence electrons. The van der Waals surface area contributed by atoms with E-state index < -0.39 is 0 Å². The molecule has 0 saturated carbocycles. The number of nitrogens with zero attached hydrogens (tertiary/aromatic N) is 3. The Hall–Kier alpha value is -2.80. The van der Waals surface area contributed by atoms with E-state index in [4.69, 9.17) is 4.74 Å². The molecule has 0 aliphatic carbocycles. The van der Waals surface area contributed by atoms with E-state index in [1.807, 2.05) is 54.0 Å². The van der Waals surface area contributed by atoms with Gasteiger partial charge < -0.3 is 14.6 Å². The molecule has 1 N–H and O–H groups in total. The van der Waals surface area contributed by atoms with Crippen molar-refractivity contribution in [3.8, 4) is 17.1 Å². The van der Waals surface area contributed by atoms with Crippen molar-refractivity contribution in [1.29, 1.82) is 0 Å². The summed E-state index contributed by atoms with van der Waals surface area (Å²) in [6.45, 7) is 4.84. The molecule has 3 rings (SSSR count). The van der Waals surface area contributed by atoms with E-state index in [0.29, 0.717) is 0 Å². The van der Waals surface area contributed by atoms with Gasteiger partial charge in [-0.05, 0) is 43.7 Å². The number of thioether (sulfide) groups is 1. The third-order valence-electron chi connectivity index (χ3n) is 4.13. The van der Waals surface area contributed by atoms with Crippen LogP contribution < -0.4 is 10.1 Å². The van der Waals surface area contributed by atoms with Gasteiger partial charge in [-0.2, -0.15) is 0 Å². The van der Waals surface area contributed by atoms with Crippen LogP contribution in [0.1, 0.15) is 12.5 Å². The zero-order valence-electron chi connectivity index (χ0n) is 15.6. The molecule has 1 amide bonds. The van der Waals surface area contributed by atoms with Gasteiger partial charge >= 0.3 is 0 Å². The molecule has 3 aromatic rings. The van der Waals surface area contributed by atoms with Crippen LogP contribution in [0, 0.1) is 6.92 Å². The van der Waals surface area contributed by atoms with Crippen molar-refractivity contribution in [2.45, 2.75) is 25.5 Å². The van der Waals surface area contributed by atoms with E-state index in [1.54, 1.807) is 7.11 Å². The van der Waals surface area contributed by atoms with Crippen LogP contribution in [-0.2, 0) is 11.3 Å². The standard InChI is InChI=1S/C20H22N4O2S/c1-4-24-19(17-8-6-5-7-14(17)2)22-23-20(24)27-13-18(25)21-15-9-11-16(26-3)12-10-15/h5-12H,4,13H2,1-3H3,(H,21,25). The number of anilines is 1. The molecule has 0 atom stereocenters. The lowest BCUT2D eigenvalue weighted by Gasteiger charge is -2.09. The first-order valence-electron chi connectivity index (χ1n) is 8.68. The fourth-order valence-electron chi connectivity index (χ4n) is 2.71. The number of aryl methyl sites for hydroxylation is 1. The van der Waals surface area contributed by atoms with Gasteiger partial charge in [0.15, 0.2) is 11.0 Å². The molecule has 0 radical (unpaired) electrons. The molecule has 7 heteroatoms. The molecule has 0 aliphatic heterocycles. The topological polar surface area (TPSA) is 69.0 Å². The lowest BCUT2D eigenvalue weighted by atomic mass is 10.1. The quantitative estimate of drug-likeness (QED) is 0.625. The Morgan fingerprint density at radius 1 is 1.15 bits per heavy atom. The Bertz CT molecular complexity index is 922. The van der Waals surface area contributed by atoms with Crippen LogP contribution in [0.2, 0.25) is 0 Å². The number of amides is 1. The molecule has 0 fully saturated rings. The SMILES string of the molecule is CCn1c(SCC(=O)Nc2ccc(OC)cc2)nnc1-c1ccccc1C. The molecule has 0 spiro atoms. The molecular formula is C20H22N4O2S. The lowest BCUT2D eigenvalue weighted by molar-refractivity contribution is -0.113. The van der Waals surface area contributed by atoms with E-state index in [1.165, 1.54) is 11.8 Å². The summed E-state index contributed by atoms with van der Waals surface area (Å²) in [5.41, 5.74) is 2.94. The number of benzene rings is 2. The fraction of sp³-hybridized carbons (Fsp3) is 0.250. The second-order valence-electron chi connectivity index (χ2n) is 5.93. The number of carbonyl (C=O) groups excluding carboxylic acids is 1. The van der Waals surface area contributed by atoms with Crippen molar-refractivity contribution in [2.75, 3.05) is 18.2 Å². The van der Waals surface area contributed by atoms with Gasteiger partial charge in [0.05, 0.1) is 12.9 Å². The molecule has 0 aliphatic rings. The summed E-state index contributed by atoms with van der Waals surface area (Å²) >= 11 is 1.38. The summed E-state index contributed by atoms with van der Waals surface area (Å²) in [5, 5.41) is 12.2. The highest BCUT2D eigenvalue weighted by atomic mass is 32.2. The number of hydrogen-bond acceptors (Lipinski definition) is 5. The third-order valence-corrected chi connectivity index (χ3v) is 5.09. The molecule has 0 unspecified atom stereocenters. The lowest BCUT2D eigenvalue weighted by Crippen LogP contribution is -2.14. The van der Waals surface area contributed by atoms with Gasteiger partial charge in [-0.25, -0.2) is 0 Å². The summed E-state index contributed by atoms with van der Waals surface area (Å²) in [4.78, 5) is 12.3. The molecule has 0 bridgehead atoms. The second-order valence-corrected chi connectivity index (χ2v) is 6.87. The number of methoxy groups -OCH3 is 1. The van der Waals surface area contributed by atoms with Crippen LogP contribution in [0.25, 0.3) is 11.4 Å². The van der Waals surface area contributed by atoms with E-state index in [2.05, 4.69) is 28.5 Å². The Kier molecular flexibility index (Phi) is 6.13. The van der Waals surface area contributed by atoms with Gasteiger partial charge in [0, 0.05) is 17.8 Å². The predicted octanol–water partition coefficient (Wildman–Crippen LogP) is 4.01. The average molecular weight is 382 g/mol. The molecule has 1 aromatic heterocycles. The zero-order chi connectivity index (χ0) is 19.2. The normalized spacial score (nSPS) is 10.6. The Morgan fingerprint density at radius 3 is 2.56 bits per heavy atom. The maximum Gasteiger partial charge on any atom is 0.234 e. The first-order chi connectivity index (χ1) is 13.1. The average Bonchev–Trinajstić information content (AvgIpc) is 3.10. The van der Waals surface area contributed by atoms with Crippen LogP contribution >= 0.6 is 11.8 Å². The molecule has 0 saturated heterocycles. The highest BCUT2D eigenvalue weighted by Gasteiger charge is 2.15. The first-order valence-corrected chi connectivity index (χ1v) is 9.66. The van der Waals surface area contributed by atoms with Crippen LogP contribution in [-0.4, -0.2) is 33.5 Å². The Morgan fingerprint density at radius 2 is 1.89 bits per heavy atom. The minimum absolute atomic E-state index is 0.0896. The summed E-state index contributed by atoms with van der Waals surface area (Å²) in [5.74, 6) is 1.75. The number of hydrogen-bond donors (Lipinski definition) is 1. The summed E-state index contributed by atoms with van der Waals surface area (Å²) in [7, 11) is 1.61. The minimum Gasteiger partial charge on any atom is -0.497 e. The van der Waals surface area contributed by atoms with Gasteiger partial charge in [0.1, 0.15) is 5.75 Å². The monoisotopic (exact) mass is 382 g/mol. The maximum absolute atomic E-state index is 12.3. The van der Waals surface area contributed by atoms with E-state index in [-0.39, 0.29) is 11.7 Å². The van der Waals surface area contributed by atoms with Gasteiger partial charge in [-0.1, -0.05) is 36.0 Å². The number of nitrogens with one attached hydrogen (secondary N) is 1. The van der Waals surface area contributed by atoms with Crippen molar-refractivity contribution < 1.29 is 9.53 Å². The van der Waals surface area contributed by atoms with Gasteiger partial charge in [0.25, 0.3) is 0 Å². The third kappa shape index (κ3) is 4.49. The fourth-order valence-corrected chi connectivity index (χ4v) is 3.51. The highest BCUT2D eigenvalue weighted by Crippen LogP contribution is 2.26. The molecular weight excluding hydrogens is 360 g/mol. The van der Waals surface area contributed by atoms with Crippen molar-refractivity contribution in [3.63, 3.8) is 0 Å². The zero-order valence-corrected chi connectivity index (χ0v) is 16.4. The molecule has 27 heavy (non-hydrogen) atoms. The summed E-state index contributed by atoms with van der Waals surface area (Å²) in [6.07, 6.45) is 0.